The highest BCUT2D eigenvalue weighted by Crippen LogP contribution is 2.14. The normalized spacial score (nSPS) is 11.6. The molecule has 1 unspecified atom stereocenters. The lowest BCUT2D eigenvalue weighted by atomic mass is 10.1. The molecule has 0 saturated heterocycles. The van der Waals surface area contributed by atoms with E-state index in [-0.39, 0.29) is 5.91 Å². The van der Waals surface area contributed by atoms with Gasteiger partial charge in [0.2, 0.25) is 0 Å². The number of aryl methyl sites for hydroxylation is 1. The first-order valence-corrected chi connectivity index (χ1v) is 5.52. The number of carbonyl (C=O) groups is 1. The van der Waals surface area contributed by atoms with E-state index in [9.17, 15) is 4.79 Å². The van der Waals surface area contributed by atoms with Crippen LogP contribution in [0.1, 0.15) is 27.7 Å². The summed E-state index contributed by atoms with van der Waals surface area (Å²) in [6.45, 7) is 1.85. The first-order valence-electron chi connectivity index (χ1n) is 5.52. The lowest BCUT2D eigenvalue weighted by Crippen LogP contribution is -2.27. The van der Waals surface area contributed by atoms with Gasteiger partial charge in [0, 0.05) is 5.56 Å². The van der Waals surface area contributed by atoms with Crippen LogP contribution in [0.15, 0.2) is 47.1 Å². The summed E-state index contributed by atoms with van der Waals surface area (Å²) in [6, 6.07) is 11.8. The molecule has 1 amide bonds. The molecule has 4 heteroatoms. The molecule has 0 bridgehead atoms. The third-order valence-electron chi connectivity index (χ3n) is 2.62. The Balaban J connectivity index is 2.17. The largest absolute Gasteiger partial charge is 0.466 e. The molecular weight excluding hydrogens is 228 g/mol. The van der Waals surface area contributed by atoms with E-state index in [0.29, 0.717) is 11.3 Å². The number of amides is 1. The van der Waals surface area contributed by atoms with Crippen LogP contribution in [0.4, 0.5) is 0 Å². The van der Waals surface area contributed by atoms with Gasteiger partial charge in [-0.25, -0.2) is 0 Å². The maximum Gasteiger partial charge on any atom is 0.252 e. The van der Waals surface area contributed by atoms with Crippen LogP contribution in [0.2, 0.25) is 0 Å². The number of furan rings is 1. The summed E-state index contributed by atoms with van der Waals surface area (Å²) in [5.74, 6) is 0.149. The fraction of sp³-hybridized carbons (Fsp3) is 0.143. The number of hydrogen-bond acceptors (Lipinski definition) is 3. The number of hydrogen-bond donors (Lipinski definition) is 1. The Kier molecular flexibility index (Phi) is 3.44. The minimum absolute atomic E-state index is 0.281. The number of nitriles is 1. The van der Waals surface area contributed by atoms with Crippen LogP contribution in [-0.2, 0) is 0 Å². The van der Waals surface area contributed by atoms with Crippen LogP contribution in [0.5, 0.6) is 0 Å². The van der Waals surface area contributed by atoms with Gasteiger partial charge in [-0.1, -0.05) is 18.2 Å². The fourth-order valence-electron chi connectivity index (χ4n) is 1.66. The van der Waals surface area contributed by atoms with E-state index in [0.717, 1.165) is 5.56 Å². The molecule has 2 rings (SSSR count). The summed E-state index contributed by atoms with van der Waals surface area (Å²) in [4.78, 5) is 12.0. The molecule has 0 aliphatic rings. The highest BCUT2D eigenvalue weighted by molar-refractivity contribution is 5.95. The van der Waals surface area contributed by atoms with Crippen LogP contribution < -0.4 is 5.32 Å². The average Bonchev–Trinajstić information content (AvgIpc) is 2.90. The zero-order valence-electron chi connectivity index (χ0n) is 9.88. The number of benzene rings is 1. The number of nitrogens with zero attached hydrogens (tertiary/aromatic N) is 1. The highest BCUT2D eigenvalue weighted by Gasteiger charge is 2.18. The molecule has 0 aliphatic carbocycles. The lowest BCUT2D eigenvalue weighted by molar-refractivity contribution is 0.0941. The molecule has 1 N–H and O–H groups in total. The van der Waals surface area contributed by atoms with Crippen molar-refractivity contribution in [3.63, 3.8) is 0 Å². The Bertz CT molecular complexity index is 582. The van der Waals surface area contributed by atoms with Crippen molar-refractivity contribution in [2.75, 3.05) is 0 Å². The summed E-state index contributed by atoms with van der Waals surface area (Å²) in [7, 11) is 0. The van der Waals surface area contributed by atoms with Gasteiger partial charge in [-0.3, -0.25) is 4.79 Å². The van der Waals surface area contributed by atoms with E-state index in [1.54, 1.807) is 24.3 Å². The van der Waals surface area contributed by atoms with Gasteiger partial charge in [-0.2, -0.15) is 5.26 Å². The van der Waals surface area contributed by atoms with Gasteiger partial charge in [0.25, 0.3) is 5.91 Å². The van der Waals surface area contributed by atoms with Gasteiger partial charge >= 0.3 is 0 Å². The Morgan fingerprint density at radius 3 is 2.72 bits per heavy atom. The molecule has 0 fully saturated rings. The van der Waals surface area contributed by atoms with Crippen molar-refractivity contribution in [3.8, 4) is 6.07 Å². The minimum Gasteiger partial charge on any atom is -0.466 e. The van der Waals surface area contributed by atoms with E-state index in [4.69, 9.17) is 9.68 Å². The topological polar surface area (TPSA) is 66.0 Å². The third-order valence-corrected chi connectivity index (χ3v) is 2.62. The molecule has 0 saturated carbocycles. The molecule has 90 valence electrons. The second-order valence-corrected chi connectivity index (χ2v) is 3.87. The quantitative estimate of drug-likeness (QED) is 0.896. The molecule has 1 aromatic carbocycles. The molecular formula is C14H12N2O2. The average molecular weight is 240 g/mol. The van der Waals surface area contributed by atoms with Gasteiger partial charge in [-0.05, 0) is 30.7 Å². The van der Waals surface area contributed by atoms with Gasteiger partial charge in [0.05, 0.1) is 12.3 Å². The van der Waals surface area contributed by atoms with Crippen molar-refractivity contribution >= 4 is 5.91 Å². The Hall–Kier alpha value is -2.54. The minimum atomic E-state index is -0.771. The number of carbonyl (C=O) groups excluding carboxylic acids is 1. The van der Waals surface area contributed by atoms with Crippen molar-refractivity contribution in [2.24, 2.45) is 0 Å². The van der Waals surface area contributed by atoms with Crippen LogP contribution in [0, 0.1) is 18.3 Å². The molecule has 0 spiro atoms. The molecule has 0 aliphatic heterocycles. The second-order valence-electron chi connectivity index (χ2n) is 3.87. The predicted octanol–water partition coefficient (Wildman–Crippen LogP) is 2.58. The molecule has 2 aromatic rings. The summed E-state index contributed by atoms with van der Waals surface area (Å²) in [6.07, 6.45) is 1.47. The molecule has 1 aromatic heterocycles. The maximum atomic E-state index is 12.0. The lowest BCUT2D eigenvalue weighted by Gasteiger charge is -2.10. The summed E-state index contributed by atoms with van der Waals surface area (Å²) >= 11 is 0. The monoisotopic (exact) mass is 240 g/mol. The van der Waals surface area contributed by atoms with Crippen molar-refractivity contribution in [3.05, 3.63) is 59.5 Å². The molecule has 0 radical (unpaired) electrons. The first-order chi connectivity index (χ1) is 8.72. The second kappa shape index (κ2) is 5.19. The van der Waals surface area contributed by atoms with Crippen molar-refractivity contribution < 1.29 is 9.21 Å². The predicted molar refractivity (Wildman–Crippen MR) is 65.7 cm³/mol. The molecule has 18 heavy (non-hydrogen) atoms. The van der Waals surface area contributed by atoms with E-state index >= 15 is 0 Å². The zero-order valence-corrected chi connectivity index (χ0v) is 9.88. The van der Waals surface area contributed by atoms with Crippen LogP contribution in [0.25, 0.3) is 0 Å². The number of nitrogens with one attached hydrogen (secondary N) is 1. The first kappa shape index (κ1) is 11.9. The van der Waals surface area contributed by atoms with Gasteiger partial charge in [-0.15, -0.1) is 0 Å². The van der Waals surface area contributed by atoms with Gasteiger partial charge in [0.1, 0.15) is 5.76 Å². The number of rotatable bonds is 3. The summed E-state index contributed by atoms with van der Waals surface area (Å²) < 4.78 is 5.12. The Morgan fingerprint density at radius 2 is 2.11 bits per heavy atom. The molecule has 4 nitrogen and oxygen atoms in total. The molecule has 1 atom stereocenters. The van der Waals surface area contributed by atoms with Crippen LogP contribution >= 0.6 is 0 Å². The highest BCUT2D eigenvalue weighted by atomic mass is 16.3. The third kappa shape index (κ3) is 2.41. The Morgan fingerprint density at radius 1 is 1.33 bits per heavy atom. The standard InChI is InChI=1S/C14H12N2O2/c1-10-5-2-3-6-11(10)14(17)16-12(9-15)13-7-4-8-18-13/h2-8,12H,1H3,(H,16,17). The van der Waals surface area contributed by atoms with E-state index in [1.807, 2.05) is 25.1 Å². The van der Waals surface area contributed by atoms with Gasteiger partial charge in [0.15, 0.2) is 6.04 Å². The summed E-state index contributed by atoms with van der Waals surface area (Å²) in [5, 5.41) is 11.7. The molecule has 1 heterocycles. The van der Waals surface area contributed by atoms with E-state index in [1.165, 1.54) is 6.26 Å². The van der Waals surface area contributed by atoms with Crippen molar-refractivity contribution in [1.29, 1.82) is 5.26 Å². The van der Waals surface area contributed by atoms with Gasteiger partial charge < -0.3 is 9.73 Å². The fourth-order valence-corrected chi connectivity index (χ4v) is 1.66. The van der Waals surface area contributed by atoms with Crippen molar-refractivity contribution in [1.82, 2.24) is 5.32 Å². The van der Waals surface area contributed by atoms with Crippen LogP contribution in [0.3, 0.4) is 0 Å². The maximum absolute atomic E-state index is 12.0. The Labute approximate surface area is 105 Å². The summed E-state index contributed by atoms with van der Waals surface area (Å²) in [5.41, 5.74) is 1.43. The van der Waals surface area contributed by atoms with E-state index < -0.39 is 6.04 Å². The van der Waals surface area contributed by atoms with Crippen LogP contribution in [-0.4, -0.2) is 5.91 Å². The SMILES string of the molecule is Cc1ccccc1C(=O)NC(C#N)c1ccco1. The van der Waals surface area contributed by atoms with Crippen molar-refractivity contribution in [2.45, 2.75) is 13.0 Å². The smallest absolute Gasteiger partial charge is 0.252 e. The zero-order chi connectivity index (χ0) is 13.0. The van der Waals surface area contributed by atoms with E-state index in [2.05, 4.69) is 5.32 Å².